The second-order valence-electron chi connectivity index (χ2n) is 7.79. The van der Waals surface area contributed by atoms with Gasteiger partial charge in [0.15, 0.2) is 10.8 Å². The monoisotopic (exact) mass is 429 g/mol. The zero-order chi connectivity index (χ0) is 20.9. The van der Waals surface area contributed by atoms with E-state index in [-0.39, 0.29) is 23.9 Å². The molecule has 0 radical (unpaired) electrons. The average molecular weight is 430 g/mol. The lowest BCUT2D eigenvalue weighted by Gasteiger charge is -2.20. The molecule has 2 aliphatic rings. The molecular formula is C23H19N5O2S. The molecule has 0 aliphatic carbocycles. The van der Waals surface area contributed by atoms with E-state index in [1.54, 1.807) is 15.4 Å². The van der Waals surface area contributed by atoms with Crippen LogP contribution in [0, 0.1) is 0 Å². The van der Waals surface area contributed by atoms with Crippen molar-refractivity contribution in [3.63, 3.8) is 0 Å². The number of fused-ring (bicyclic) bond motifs is 3. The minimum Gasteiger partial charge on any atom is -0.312 e. The van der Waals surface area contributed by atoms with Crippen LogP contribution in [0.15, 0.2) is 70.7 Å². The van der Waals surface area contributed by atoms with Crippen LogP contribution in [0.5, 0.6) is 0 Å². The summed E-state index contributed by atoms with van der Waals surface area (Å²) in [6.45, 7) is 0.695. The molecule has 4 aromatic rings. The maximum Gasteiger partial charge on any atom is 0.265 e. The van der Waals surface area contributed by atoms with Gasteiger partial charge in [0.2, 0.25) is 5.91 Å². The predicted octanol–water partition coefficient (Wildman–Crippen LogP) is 3.21. The third kappa shape index (κ3) is 2.90. The Morgan fingerprint density at radius 1 is 1.10 bits per heavy atom. The van der Waals surface area contributed by atoms with Gasteiger partial charge >= 0.3 is 0 Å². The average Bonchev–Trinajstić information content (AvgIpc) is 3.51. The number of hydrogen-bond acceptors (Lipinski definition) is 5. The number of anilines is 1. The molecule has 2 aromatic carbocycles. The van der Waals surface area contributed by atoms with Crippen molar-refractivity contribution in [2.45, 2.75) is 24.0 Å². The second-order valence-corrected chi connectivity index (χ2v) is 8.78. The Kier molecular flexibility index (Phi) is 4.21. The smallest absolute Gasteiger partial charge is 0.265 e. The van der Waals surface area contributed by atoms with Crippen molar-refractivity contribution in [1.82, 2.24) is 19.3 Å². The largest absolute Gasteiger partial charge is 0.312 e. The SMILES string of the molecule is O=C(C[C@H]1CSc2nc3c(cnn3-c3ccccc3)c(=O)n21)N1CCc2ccccc21. The summed E-state index contributed by atoms with van der Waals surface area (Å²) in [4.78, 5) is 33.0. The van der Waals surface area contributed by atoms with E-state index in [1.165, 1.54) is 17.3 Å². The summed E-state index contributed by atoms with van der Waals surface area (Å²) in [5.41, 5.74) is 3.47. The van der Waals surface area contributed by atoms with Crippen molar-refractivity contribution in [3.05, 3.63) is 76.7 Å². The first-order valence-corrected chi connectivity index (χ1v) is 11.3. The summed E-state index contributed by atoms with van der Waals surface area (Å²) in [6, 6.07) is 17.5. The first-order valence-electron chi connectivity index (χ1n) is 10.3. The fraction of sp³-hybridized carbons (Fsp3) is 0.217. The van der Waals surface area contributed by atoms with Gasteiger partial charge in [0.1, 0.15) is 5.39 Å². The zero-order valence-corrected chi connectivity index (χ0v) is 17.5. The molecule has 8 heteroatoms. The number of nitrogens with zero attached hydrogens (tertiary/aromatic N) is 5. The van der Waals surface area contributed by atoms with E-state index in [1.807, 2.05) is 53.4 Å². The highest BCUT2D eigenvalue weighted by molar-refractivity contribution is 7.99. The number of rotatable bonds is 3. The normalized spacial score (nSPS) is 17.2. The molecular weight excluding hydrogens is 410 g/mol. The van der Waals surface area contributed by atoms with Gasteiger partial charge in [-0.1, -0.05) is 48.2 Å². The Hall–Kier alpha value is -3.39. The number of hydrogen-bond donors (Lipinski definition) is 0. The summed E-state index contributed by atoms with van der Waals surface area (Å²) < 4.78 is 3.38. The Morgan fingerprint density at radius 2 is 1.90 bits per heavy atom. The van der Waals surface area contributed by atoms with Gasteiger partial charge in [-0.05, 0) is 30.2 Å². The number of aromatic nitrogens is 4. The van der Waals surface area contributed by atoms with Crippen LogP contribution >= 0.6 is 11.8 Å². The van der Waals surface area contributed by atoms with Crippen LogP contribution in [0.3, 0.4) is 0 Å². The summed E-state index contributed by atoms with van der Waals surface area (Å²) in [5, 5.41) is 5.52. The molecule has 7 nitrogen and oxygen atoms in total. The predicted molar refractivity (Wildman–Crippen MR) is 120 cm³/mol. The van der Waals surface area contributed by atoms with Gasteiger partial charge < -0.3 is 4.90 Å². The standard InChI is InChI=1S/C23H19N5O2S/c29-20(26-11-10-15-6-4-5-9-19(15)26)12-17-14-31-23-25-21-18(22(30)27(17)23)13-24-28(21)16-7-2-1-3-8-16/h1-9,13,17H,10-12,14H2/t17-/m0/s1. The summed E-state index contributed by atoms with van der Waals surface area (Å²) in [7, 11) is 0. The van der Waals surface area contributed by atoms with Crippen molar-refractivity contribution < 1.29 is 4.79 Å². The molecule has 0 saturated heterocycles. The molecule has 2 aromatic heterocycles. The molecule has 2 aliphatic heterocycles. The lowest BCUT2D eigenvalue weighted by atomic mass is 10.1. The number of para-hydroxylation sites is 2. The Balaban J connectivity index is 1.34. The molecule has 0 N–H and O–H groups in total. The van der Waals surface area contributed by atoms with Gasteiger partial charge in [-0.15, -0.1) is 0 Å². The van der Waals surface area contributed by atoms with E-state index in [4.69, 9.17) is 4.98 Å². The molecule has 6 rings (SSSR count). The number of benzene rings is 2. The molecule has 1 atom stereocenters. The van der Waals surface area contributed by atoms with Crippen LogP contribution < -0.4 is 10.5 Å². The van der Waals surface area contributed by atoms with Crippen molar-refractivity contribution in [1.29, 1.82) is 0 Å². The molecule has 0 fully saturated rings. The Labute approximate surface area is 182 Å². The molecule has 0 spiro atoms. The van der Waals surface area contributed by atoms with Gasteiger partial charge in [-0.25, -0.2) is 9.67 Å². The maximum atomic E-state index is 13.3. The number of carbonyl (C=O) groups is 1. The first-order chi connectivity index (χ1) is 15.2. The fourth-order valence-corrected chi connectivity index (χ4v) is 5.58. The summed E-state index contributed by atoms with van der Waals surface area (Å²) >= 11 is 1.52. The summed E-state index contributed by atoms with van der Waals surface area (Å²) in [5.74, 6) is 0.713. The molecule has 154 valence electrons. The number of amides is 1. The van der Waals surface area contributed by atoms with E-state index < -0.39 is 0 Å². The zero-order valence-electron chi connectivity index (χ0n) is 16.6. The van der Waals surface area contributed by atoms with E-state index in [0.29, 0.717) is 28.5 Å². The van der Waals surface area contributed by atoms with Crippen LogP contribution in [0.1, 0.15) is 18.0 Å². The number of carbonyl (C=O) groups excluding carboxylic acids is 1. The molecule has 31 heavy (non-hydrogen) atoms. The highest BCUT2D eigenvalue weighted by Crippen LogP contribution is 2.35. The lowest BCUT2D eigenvalue weighted by molar-refractivity contribution is -0.119. The lowest BCUT2D eigenvalue weighted by Crippen LogP contribution is -2.33. The van der Waals surface area contributed by atoms with E-state index in [2.05, 4.69) is 11.2 Å². The van der Waals surface area contributed by atoms with E-state index in [9.17, 15) is 9.59 Å². The molecule has 0 bridgehead atoms. The Bertz CT molecular complexity index is 1380. The van der Waals surface area contributed by atoms with Crippen molar-refractivity contribution >= 4 is 34.4 Å². The first kappa shape index (κ1) is 18.4. The third-order valence-electron chi connectivity index (χ3n) is 5.97. The molecule has 0 saturated carbocycles. The Morgan fingerprint density at radius 3 is 2.77 bits per heavy atom. The minimum atomic E-state index is -0.204. The van der Waals surface area contributed by atoms with Crippen molar-refractivity contribution in [3.8, 4) is 5.69 Å². The van der Waals surface area contributed by atoms with E-state index >= 15 is 0 Å². The van der Waals surface area contributed by atoms with Crippen LogP contribution in [0.4, 0.5) is 5.69 Å². The number of thioether (sulfide) groups is 1. The van der Waals surface area contributed by atoms with Crippen molar-refractivity contribution in [2.24, 2.45) is 0 Å². The third-order valence-corrected chi connectivity index (χ3v) is 7.07. The highest BCUT2D eigenvalue weighted by Gasteiger charge is 2.32. The van der Waals surface area contributed by atoms with Gasteiger partial charge in [0.05, 0.1) is 17.9 Å². The van der Waals surface area contributed by atoms with Crippen LogP contribution in [-0.4, -0.2) is 37.5 Å². The van der Waals surface area contributed by atoms with Gasteiger partial charge in [-0.2, -0.15) is 5.10 Å². The van der Waals surface area contributed by atoms with Crippen LogP contribution in [0.2, 0.25) is 0 Å². The minimum absolute atomic E-state index is 0.0513. The topological polar surface area (TPSA) is 73.0 Å². The van der Waals surface area contributed by atoms with Gasteiger partial charge in [0.25, 0.3) is 5.56 Å². The maximum absolute atomic E-state index is 13.3. The summed E-state index contributed by atoms with van der Waals surface area (Å²) in [6.07, 6.45) is 2.73. The second kappa shape index (κ2) is 7.09. The van der Waals surface area contributed by atoms with Crippen LogP contribution in [-0.2, 0) is 11.2 Å². The highest BCUT2D eigenvalue weighted by atomic mass is 32.2. The van der Waals surface area contributed by atoms with Crippen LogP contribution in [0.25, 0.3) is 16.7 Å². The van der Waals surface area contributed by atoms with Crippen molar-refractivity contribution in [2.75, 3.05) is 17.2 Å². The fourth-order valence-electron chi connectivity index (χ4n) is 4.45. The molecule has 0 unspecified atom stereocenters. The van der Waals surface area contributed by atoms with Gasteiger partial charge in [0, 0.05) is 24.4 Å². The molecule has 1 amide bonds. The van der Waals surface area contributed by atoms with E-state index in [0.717, 1.165) is 17.8 Å². The quantitative estimate of drug-likeness (QED) is 0.468. The molecule has 4 heterocycles. The van der Waals surface area contributed by atoms with Gasteiger partial charge in [-0.3, -0.25) is 14.2 Å².